The monoisotopic (exact) mass is 212 g/mol. The molecule has 2 saturated heterocycles. The Labute approximate surface area is 91.0 Å². The SMILES string of the molecule is CC1CN(C(=O)C2CCCO2)C(C)CN1. The molecule has 2 aliphatic heterocycles. The lowest BCUT2D eigenvalue weighted by Crippen LogP contribution is -2.58. The number of amides is 1. The van der Waals surface area contributed by atoms with Crippen LogP contribution in [0.5, 0.6) is 0 Å². The number of rotatable bonds is 1. The van der Waals surface area contributed by atoms with Gasteiger partial charge in [-0.1, -0.05) is 0 Å². The predicted molar refractivity (Wildman–Crippen MR) is 57.6 cm³/mol. The zero-order valence-corrected chi connectivity index (χ0v) is 9.53. The summed E-state index contributed by atoms with van der Waals surface area (Å²) in [5, 5.41) is 3.37. The molecule has 4 heteroatoms. The molecule has 0 radical (unpaired) electrons. The zero-order chi connectivity index (χ0) is 10.8. The minimum atomic E-state index is -0.169. The lowest BCUT2D eigenvalue weighted by molar-refractivity contribution is -0.144. The van der Waals surface area contributed by atoms with E-state index in [2.05, 4.69) is 19.2 Å². The fourth-order valence-electron chi connectivity index (χ4n) is 2.29. The Morgan fingerprint density at radius 1 is 1.47 bits per heavy atom. The summed E-state index contributed by atoms with van der Waals surface area (Å²) in [6.07, 6.45) is 1.74. The van der Waals surface area contributed by atoms with E-state index in [1.165, 1.54) is 0 Å². The molecule has 1 amide bonds. The number of carbonyl (C=O) groups is 1. The topological polar surface area (TPSA) is 41.6 Å². The molecule has 2 aliphatic rings. The number of hydrogen-bond donors (Lipinski definition) is 1. The highest BCUT2D eigenvalue weighted by Crippen LogP contribution is 2.17. The lowest BCUT2D eigenvalue weighted by Gasteiger charge is -2.38. The van der Waals surface area contributed by atoms with Crippen molar-refractivity contribution < 1.29 is 9.53 Å². The summed E-state index contributed by atoms with van der Waals surface area (Å²) < 4.78 is 5.44. The molecular weight excluding hydrogens is 192 g/mol. The molecule has 2 fully saturated rings. The molecule has 4 nitrogen and oxygen atoms in total. The van der Waals surface area contributed by atoms with Gasteiger partial charge in [-0.25, -0.2) is 0 Å². The van der Waals surface area contributed by atoms with Crippen molar-refractivity contribution in [3.8, 4) is 0 Å². The minimum Gasteiger partial charge on any atom is -0.368 e. The molecule has 0 spiro atoms. The molecule has 0 saturated carbocycles. The van der Waals surface area contributed by atoms with Gasteiger partial charge in [0.2, 0.25) is 0 Å². The van der Waals surface area contributed by atoms with Gasteiger partial charge in [0, 0.05) is 31.8 Å². The van der Waals surface area contributed by atoms with Gasteiger partial charge in [0.05, 0.1) is 0 Å². The number of nitrogens with zero attached hydrogens (tertiary/aromatic N) is 1. The van der Waals surface area contributed by atoms with Gasteiger partial charge in [0.15, 0.2) is 0 Å². The molecule has 3 atom stereocenters. The van der Waals surface area contributed by atoms with Gasteiger partial charge in [-0.3, -0.25) is 4.79 Å². The summed E-state index contributed by atoms with van der Waals surface area (Å²) in [4.78, 5) is 14.1. The van der Waals surface area contributed by atoms with Crippen molar-refractivity contribution >= 4 is 5.91 Å². The summed E-state index contributed by atoms with van der Waals surface area (Å²) in [5.74, 6) is 0.188. The average molecular weight is 212 g/mol. The zero-order valence-electron chi connectivity index (χ0n) is 9.53. The summed E-state index contributed by atoms with van der Waals surface area (Å²) in [6.45, 7) is 6.64. The number of nitrogens with one attached hydrogen (secondary N) is 1. The van der Waals surface area contributed by atoms with Crippen LogP contribution in [0.4, 0.5) is 0 Å². The molecule has 0 aromatic carbocycles. The first-order valence-electron chi connectivity index (χ1n) is 5.84. The van der Waals surface area contributed by atoms with Gasteiger partial charge in [0.25, 0.3) is 5.91 Å². The Kier molecular flexibility index (Phi) is 3.26. The summed E-state index contributed by atoms with van der Waals surface area (Å²) in [6, 6.07) is 0.685. The first-order valence-corrected chi connectivity index (χ1v) is 5.84. The maximum Gasteiger partial charge on any atom is 0.252 e. The average Bonchev–Trinajstić information content (AvgIpc) is 2.74. The van der Waals surface area contributed by atoms with Crippen LogP contribution in [-0.4, -0.2) is 48.7 Å². The highest BCUT2D eigenvalue weighted by molar-refractivity contribution is 5.81. The molecular formula is C11H20N2O2. The normalized spacial score (nSPS) is 36.9. The van der Waals surface area contributed by atoms with Crippen LogP contribution in [0.1, 0.15) is 26.7 Å². The first-order chi connectivity index (χ1) is 7.18. The maximum absolute atomic E-state index is 12.1. The second kappa shape index (κ2) is 4.49. The molecule has 0 aliphatic carbocycles. The number of hydrogen-bond acceptors (Lipinski definition) is 3. The van der Waals surface area contributed by atoms with Crippen LogP contribution in [0.15, 0.2) is 0 Å². The molecule has 2 heterocycles. The van der Waals surface area contributed by atoms with Gasteiger partial charge in [-0.2, -0.15) is 0 Å². The largest absolute Gasteiger partial charge is 0.368 e. The van der Waals surface area contributed by atoms with Gasteiger partial charge in [-0.05, 0) is 26.7 Å². The quantitative estimate of drug-likeness (QED) is 0.683. The predicted octanol–water partition coefficient (Wildman–Crippen LogP) is 0.374. The molecule has 3 unspecified atom stereocenters. The van der Waals surface area contributed by atoms with Crippen molar-refractivity contribution in [3.05, 3.63) is 0 Å². The van der Waals surface area contributed by atoms with Crippen LogP contribution >= 0.6 is 0 Å². The Bertz CT molecular complexity index is 239. The molecule has 86 valence electrons. The van der Waals surface area contributed by atoms with E-state index in [-0.39, 0.29) is 18.1 Å². The summed E-state index contributed by atoms with van der Waals surface area (Å²) >= 11 is 0. The molecule has 2 rings (SSSR count). The third kappa shape index (κ3) is 2.32. The molecule has 0 aromatic rings. The van der Waals surface area contributed by atoms with Crippen LogP contribution in [0.25, 0.3) is 0 Å². The van der Waals surface area contributed by atoms with Crippen LogP contribution in [0.3, 0.4) is 0 Å². The number of carbonyl (C=O) groups excluding carboxylic acids is 1. The van der Waals surface area contributed by atoms with Gasteiger partial charge in [0.1, 0.15) is 6.10 Å². The van der Waals surface area contributed by atoms with Crippen LogP contribution in [0, 0.1) is 0 Å². The molecule has 0 bridgehead atoms. The Morgan fingerprint density at radius 2 is 2.27 bits per heavy atom. The Morgan fingerprint density at radius 3 is 2.93 bits per heavy atom. The fourth-order valence-corrected chi connectivity index (χ4v) is 2.29. The van der Waals surface area contributed by atoms with E-state index in [0.29, 0.717) is 6.04 Å². The molecule has 15 heavy (non-hydrogen) atoms. The number of piperazine rings is 1. The maximum atomic E-state index is 12.1. The van der Waals surface area contributed by atoms with E-state index in [4.69, 9.17) is 4.74 Å². The fraction of sp³-hybridized carbons (Fsp3) is 0.909. The van der Waals surface area contributed by atoms with E-state index in [9.17, 15) is 4.79 Å². The van der Waals surface area contributed by atoms with Crippen molar-refractivity contribution in [1.82, 2.24) is 10.2 Å². The van der Waals surface area contributed by atoms with Gasteiger partial charge in [-0.15, -0.1) is 0 Å². The van der Waals surface area contributed by atoms with Crippen molar-refractivity contribution in [3.63, 3.8) is 0 Å². The van der Waals surface area contributed by atoms with E-state index in [1.807, 2.05) is 4.90 Å². The van der Waals surface area contributed by atoms with Gasteiger partial charge < -0.3 is 15.0 Å². The number of ether oxygens (including phenoxy) is 1. The van der Waals surface area contributed by atoms with E-state index in [0.717, 1.165) is 32.5 Å². The van der Waals surface area contributed by atoms with Crippen molar-refractivity contribution in [1.29, 1.82) is 0 Å². The van der Waals surface area contributed by atoms with Gasteiger partial charge >= 0.3 is 0 Å². The van der Waals surface area contributed by atoms with Crippen molar-refractivity contribution in [2.24, 2.45) is 0 Å². The van der Waals surface area contributed by atoms with E-state index >= 15 is 0 Å². The van der Waals surface area contributed by atoms with Crippen LogP contribution < -0.4 is 5.32 Å². The standard InChI is InChI=1S/C11H20N2O2/c1-8-7-13(9(2)6-12-8)11(14)10-4-3-5-15-10/h8-10,12H,3-7H2,1-2H3. The van der Waals surface area contributed by atoms with E-state index in [1.54, 1.807) is 0 Å². The van der Waals surface area contributed by atoms with Crippen LogP contribution in [-0.2, 0) is 9.53 Å². The molecule has 1 N–H and O–H groups in total. The second-order valence-corrected chi connectivity index (χ2v) is 4.65. The van der Waals surface area contributed by atoms with E-state index < -0.39 is 0 Å². The third-order valence-electron chi connectivity index (χ3n) is 3.25. The lowest BCUT2D eigenvalue weighted by atomic mass is 10.1. The summed E-state index contributed by atoms with van der Waals surface area (Å²) in [5.41, 5.74) is 0. The second-order valence-electron chi connectivity index (χ2n) is 4.65. The highest BCUT2D eigenvalue weighted by Gasteiger charge is 2.33. The minimum absolute atomic E-state index is 0.169. The third-order valence-corrected chi connectivity index (χ3v) is 3.25. The smallest absolute Gasteiger partial charge is 0.252 e. The molecule has 0 aromatic heterocycles. The Balaban J connectivity index is 1.97. The Hall–Kier alpha value is -0.610. The van der Waals surface area contributed by atoms with Crippen molar-refractivity contribution in [2.45, 2.75) is 44.9 Å². The highest BCUT2D eigenvalue weighted by atomic mass is 16.5. The first kappa shape index (κ1) is 10.9. The van der Waals surface area contributed by atoms with Crippen LogP contribution in [0.2, 0.25) is 0 Å². The summed E-state index contributed by atoms with van der Waals surface area (Å²) in [7, 11) is 0. The van der Waals surface area contributed by atoms with Crippen molar-refractivity contribution in [2.75, 3.05) is 19.7 Å².